The van der Waals surface area contributed by atoms with Crippen LogP contribution in [0, 0.1) is 0 Å². The number of nitrogens with one attached hydrogen (secondary N) is 1. The van der Waals surface area contributed by atoms with E-state index in [4.69, 9.17) is 0 Å². The Morgan fingerprint density at radius 3 is 2.53 bits per heavy atom. The summed E-state index contributed by atoms with van der Waals surface area (Å²) in [4.78, 5) is 24.3. The maximum Gasteiger partial charge on any atom is 0.416 e. The third-order valence-corrected chi connectivity index (χ3v) is 2.50. The van der Waals surface area contributed by atoms with E-state index in [1.165, 1.54) is 18.3 Å². The number of halogens is 3. The minimum atomic E-state index is -4.42. The summed E-state index contributed by atoms with van der Waals surface area (Å²) >= 11 is 0. The Labute approximate surface area is 105 Å². The number of nitrogens with zero attached hydrogens (tertiary/aromatic N) is 1. The zero-order chi connectivity index (χ0) is 14.0. The van der Waals surface area contributed by atoms with Crippen molar-refractivity contribution in [2.75, 3.05) is 0 Å². The summed E-state index contributed by atoms with van der Waals surface area (Å²) in [7, 11) is 0. The van der Waals surface area contributed by atoms with Crippen LogP contribution >= 0.6 is 0 Å². The Morgan fingerprint density at radius 1 is 1.16 bits per heavy atom. The van der Waals surface area contributed by atoms with E-state index in [1.54, 1.807) is 0 Å². The Bertz CT molecular complexity index is 701. The van der Waals surface area contributed by atoms with Crippen LogP contribution in [0.15, 0.2) is 46.1 Å². The second-order valence-corrected chi connectivity index (χ2v) is 3.94. The molecule has 1 aromatic carbocycles. The first-order valence-corrected chi connectivity index (χ1v) is 5.32. The number of hydrogen-bond donors (Lipinski definition) is 1. The molecular formula is C12H9F3N2O2. The summed E-state index contributed by atoms with van der Waals surface area (Å²) in [6.07, 6.45) is -3.19. The van der Waals surface area contributed by atoms with Crippen molar-refractivity contribution in [2.24, 2.45) is 0 Å². The van der Waals surface area contributed by atoms with Gasteiger partial charge >= 0.3 is 11.9 Å². The molecule has 0 amide bonds. The van der Waals surface area contributed by atoms with Gasteiger partial charge in [0, 0.05) is 12.3 Å². The molecular weight excluding hydrogens is 261 g/mol. The topological polar surface area (TPSA) is 54.9 Å². The molecule has 100 valence electrons. The highest BCUT2D eigenvalue weighted by atomic mass is 19.4. The van der Waals surface area contributed by atoms with Crippen molar-refractivity contribution in [3.8, 4) is 0 Å². The number of H-pyrrole nitrogens is 1. The second-order valence-electron chi connectivity index (χ2n) is 3.94. The van der Waals surface area contributed by atoms with Crippen molar-refractivity contribution in [3.05, 3.63) is 68.5 Å². The summed E-state index contributed by atoms with van der Waals surface area (Å²) in [5.41, 5.74) is -1.67. The second kappa shape index (κ2) is 4.75. The molecule has 7 heteroatoms. The van der Waals surface area contributed by atoms with Crippen LogP contribution < -0.4 is 11.2 Å². The lowest BCUT2D eigenvalue weighted by Gasteiger charge is -2.09. The van der Waals surface area contributed by atoms with E-state index in [0.717, 1.165) is 22.8 Å². The number of benzene rings is 1. The van der Waals surface area contributed by atoms with Gasteiger partial charge in [0.15, 0.2) is 0 Å². The van der Waals surface area contributed by atoms with Gasteiger partial charge in [-0.2, -0.15) is 13.2 Å². The Kier molecular flexibility index (Phi) is 3.28. The van der Waals surface area contributed by atoms with Gasteiger partial charge in [0.2, 0.25) is 0 Å². The Hall–Kier alpha value is -2.31. The SMILES string of the molecule is O=c1ccn(Cc2cccc(C(F)(F)F)c2)c(=O)[nH]1. The van der Waals surface area contributed by atoms with Gasteiger partial charge in [-0.25, -0.2) is 4.79 Å². The molecule has 1 N–H and O–H groups in total. The van der Waals surface area contributed by atoms with Gasteiger partial charge in [-0.05, 0) is 17.7 Å². The van der Waals surface area contributed by atoms with Crippen LogP contribution in [0.25, 0.3) is 0 Å². The molecule has 0 fully saturated rings. The van der Waals surface area contributed by atoms with Crippen LogP contribution in [0.5, 0.6) is 0 Å². The zero-order valence-electron chi connectivity index (χ0n) is 9.57. The molecule has 0 saturated carbocycles. The summed E-state index contributed by atoms with van der Waals surface area (Å²) < 4.78 is 38.7. The first-order valence-electron chi connectivity index (χ1n) is 5.32. The first kappa shape index (κ1) is 13.1. The van der Waals surface area contributed by atoms with Crippen molar-refractivity contribution in [1.29, 1.82) is 0 Å². The van der Waals surface area contributed by atoms with Crippen LogP contribution in [0.1, 0.15) is 11.1 Å². The average Bonchev–Trinajstić information content (AvgIpc) is 2.32. The van der Waals surface area contributed by atoms with Gasteiger partial charge < -0.3 is 0 Å². The molecule has 1 aromatic heterocycles. The first-order chi connectivity index (χ1) is 8.86. The lowest BCUT2D eigenvalue weighted by atomic mass is 10.1. The van der Waals surface area contributed by atoms with E-state index < -0.39 is 23.0 Å². The van der Waals surface area contributed by atoms with E-state index in [9.17, 15) is 22.8 Å². The molecule has 0 aliphatic rings. The maximum absolute atomic E-state index is 12.5. The van der Waals surface area contributed by atoms with E-state index in [2.05, 4.69) is 0 Å². The summed E-state index contributed by atoms with van der Waals surface area (Å²) in [5.74, 6) is 0. The van der Waals surface area contributed by atoms with Crippen LogP contribution in [0.4, 0.5) is 13.2 Å². The normalized spacial score (nSPS) is 11.5. The molecule has 0 radical (unpaired) electrons. The quantitative estimate of drug-likeness (QED) is 0.901. The van der Waals surface area contributed by atoms with Gasteiger partial charge in [-0.3, -0.25) is 14.3 Å². The molecule has 2 rings (SSSR count). The Morgan fingerprint density at radius 2 is 1.89 bits per heavy atom. The number of rotatable bonds is 2. The van der Waals surface area contributed by atoms with Crippen molar-refractivity contribution in [2.45, 2.75) is 12.7 Å². The lowest BCUT2D eigenvalue weighted by molar-refractivity contribution is -0.137. The van der Waals surface area contributed by atoms with Crippen molar-refractivity contribution >= 4 is 0 Å². The highest BCUT2D eigenvalue weighted by Crippen LogP contribution is 2.29. The number of alkyl halides is 3. The third kappa shape index (κ3) is 3.12. The smallest absolute Gasteiger partial charge is 0.296 e. The predicted octanol–water partition coefficient (Wildman–Crippen LogP) is 1.60. The van der Waals surface area contributed by atoms with Crippen LogP contribution in [-0.2, 0) is 12.7 Å². The van der Waals surface area contributed by atoms with Crippen LogP contribution in [0.2, 0.25) is 0 Å². The van der Waals surface area contributed by atoms with Gasteiger partial charge in [-0.15, -0.1) is 0 Å². The van der Waals surface area contributed by atoms with E-state index in [-0.39, 0.29) is 6.54 Å². The van der Waals surface area contributed by atoms with Gasteiger partial charge in [0.25, 0.3) is 5.56 Å². The van der Waals surface area contributed by atoms with E-state index in [1.807, 2.05) is 4.98 Å². The molecule has 0 aliphatic carbocycles. The zero-order valence-corrected chi connectivity index (χ0v) is 9.57. The summed E-state index contributed by atoms with van der Waals surface area (Å²) in [5, 5.41) is 0. The van der Waals surface area contributed by atoms with Crippen LogP contribution in [0.3, 0.4) is 0 Å². The third-order valence-electron chi connectivity index (χ3n) is 2.50. The monoisotopic (exact) mass is 270 g/mol. The average molecular weight is 270 g/mol. The predicted molar refractivity (Wildman–Crippen MR) is 61.9 cm³/mol. The minimum absolute atomic E-state index is 0.0421. The fourth-order valence-electron chi connectivity index (χ4n) is 1.61. The molecule has 0 bridgehead atoms. The molecule has 0 saturated heterocycles. The minimum Gasteiger partial charge on any atom is -0.296 e. The molecule has 0 spiro atoms. The molecule has 0 unspecified atom stereocenters. The lowest BCUT2D eigenvalue weighted by Crippen LogP contribution is -2.28. The molecule has 0 atom stereocenters. The molecule has 2 aromatic rings. The van der Waals surface area contributed by atoms with Crippen LogP contribution in [-0.4, -0.2) is 9.55 Å². The van der Waals surface area contributed by atoms with Crippen molar-refractivity contribution in [1.82, 2.24) is 9.55 Å². The van der Waals surface area contributed by atoms with Crippen molar-refractivity contribution < 1.29 is 13.2 Å². The summed E-state index contributed by atoms with van der Waals surface area (Å²) in [6.45, 7) is -0.0421. The molecule has 1 heterocycles. The van der Waals surface area contributed by atoms with E-state index in [0.29, 0.717) is 5.56 Å². The van der Waals surface area contributed by atoms with E-state index >= 15 is 0 Å². The number of aromatic nitrogens is 2. The Balaban J connectivity index is 2.34. The molecule has 4 nitrogen and oxygen atoms in total. The summed E-state index contributed by atoms with van der Waals surface area (Å²) in [6, 6.07) is 5.81. The fourth-order valence-corrected chi connectivity index (χ4v) is 1.61. The molecule has 0 aliphatic heterocycles. The highest BCUT2D eigenvalue weighted by Gasteiger charge is 2.30. The fraction of sp³-hybridized carbons (Fsp3) is 0.167. The van der Waals surface area contributed by atoms with Gasteiger partial charge in [0.05, 0.1) is 12.1 Å². The number of aromatic amines is 1. The maximum atomic E-state index is 12.5. The molecule has 19 heavy (non-hydrogen) atoms. The highest BCUT2D eigenvalue weighted by molar-refractivity contribution is 5.25. The standard InChI is InChI=1S/C12H9F3N2O2/c13-12(14,15)9-3-1-2-8(6-9)7-17-5-4-10(18)16-11(17)19/h1-6H,7H2,(H,16,18,19). The van der Waals surface area contributed by atoms with Gasteiger partial charge in [0.1, 0.15) is 0 Å². The van der Waals surface area contributed by atoms with Crippen molar-refractivity contribution in [3.63, 3.8) is 0 Å². The number of hydrogen-bond acceptors (Lipinski definition) is 2. The van der Waals surface area contributed by atoms with Gasteiger partial charge in [-0.1, -0.05) is 12.1 Å². The largest absolute Gasteiger partial charge is 0.416 e.